The van der Waals surface area contributed by atoms with E-state index in [4.69, 9.17) is 5.73 Å². The molecule has 1 atom stereocenters. The summed E-state index contributed by atoms with van der Waals surface area (Å²) in [4.78, 5) is 15.4. The summed E-state index contributed by atoms with van der Waals surface area (Å²) in [5.74, 6) is -2.31. The average Bonchev–Trinajstić information content (AvgIpc) is 2.92. The first-order valence-electron chi connectivity index (χ1n) is 9.72. The van der Waals surface area contributed by atoms with Crippen LogP contribution in [0.3, 0.4) is 0 Å². The second-order valence-electron chi connectivity index (χ2n) is 7.46. The molecule has 2 N–H and O–H groups in total. The second-order valence-corrected chi connectivity index (χ2v) is 7.46. The van der Waals surface area contributed by atoms with E-state index in [1.54, 1.807) is 13.0 Å². The first kappa shape index (κ1) is 24.9. The summed E-state index contributed by atoms with van der Waals surface area (Å²) in [6.07, 6.45) is -4.66. The number of nitrogens with zero attached hydrogens (tertiary/aromatic N) is 3. The van der Waals surface area contributed by atoms with Crippen LogP contribution in [0.25, 0.3) is 5.57 Å². The van der Waals surface area contributed by atoms with Gasteiger partial charge in [-0.3, -0.25) is 4.79 Å². The number of aromatic nitrogens is 1. The molecule has 1 aromatic carbocycles. The fourth-order valence-electron chi connectivity index (χ4n) is 3.21. The van der Waals surface area contributed by atoms with Gasteiger partial charge in [0, 0.05) is 30.1 Å². The Hall–Kier alpha value is -3.70. The van der Waals surface area contributed by atoms with Crippen molar-refractivity contribution in [1.82, 2.24) is 9.99 Å². The van der Waals surface area contributed by atoms with Gasteiger partial charge in [-0.15, -0.1) is 0 Å². The maximum atomic E-state index is 13.3. The van der Waals surface area contributed by atoms with Crippen LogP contribution in [0.15, 0.2) is 60.1 Å². The van der Waals surface area contributed by atoms with Crippen LogP contribution >= 0.6 is 0 Å². The van der Waals surface area contributed by atoms with Crippen molar-refractivity contribution >= 4 is 17.2 Å². The molecule has 0 spiro atoms. The van der Waals surface area contributed by atoms with Crippen LogP contribution in [0, 0.1) is 11.9 Å². The maximum Gasteiger partial charge on any atom is 0.416 e. The van der Waals surface area contributed by atoms with Gasteiger partial charge in [-0.05, 0) is 42.3 Å². The summed E-state index contributed by atoms with van der Waals surface area (Å²) in [6.45, 7) is 1.59. The van der Waals surface area contributed by atoms with Gasteiger partial charge in [0.25, 0.3) is 5.91 Å². The summed E-state index contributed by atoms with van der Waals surface area (Å²) >= 11 is 0. The average molecular weight is 486 g/mol. The molecule has 0 bridgehead atoms. The SMILES string of the molecule is CC1CC=CN(/C=C(\C(N)=O)c2ccc(F)nc2)N=C1c1cc(C(F)(F)F)cc(C(F)(F)F)c1. The number of hydrogen-bond acceptors (Lipinski definition) is 4. The smallest absolute Gasteiger partial charge is 0.366 e. The van der Waals surface area contributed by atoms with Crippen molar-refractivity contribution in [2.24, 2.45) is 16.8 Å². The van der Waals surface area contributed by atoms with Gasteiger partial charge >= 0.3 is 12.4 Å². The summed E-state index contributed by atoms with van der Waals surface area (Å²) in [6, 6.07) is 3.44. The van der Waals surface area contributed by atoms with Crippen molar-refractivity contribution in [3.8, 4) is 0 Å². The summed E-state index contributed by atoms with van der Waals surface area (Å²) in [5.41, 5.74) is 1.98. The molecule has 1 aliphatic rings. The van der Waals surface area contributed by atoms with Gasteiger partial charge in [-0.2, -0.15) is 35.8 Å². The lowest BCUT2D eigenvalue weighted by Crippen LogP contribution is -2.19. The molecule has 1 amide bonds. The van der Waals surface area contributed by atoms with Crippen LogP contribution in [0.1, 0.15) is 35.6 Å². The number of allylic oxidation sites excluding steroid dienone is 1. The van der Waals surface area contributed by atoms with Crippen molar-refractivity contribution in [3.63, 3.8) is 0 Å². The Bertz CT molecular complexity index is 1130. The summed E-state index contributed by atoms with van der Waals surface area (Å²) in [5, 5.41) is 5.24. The van der Waals surface area contributed by atoms with Gasteiger partial charge in [-0.1, -0.05) is 13.0 Å². The highest BCUT2D eigenvalue weighted by molar-refractivity contribution is 6.18. The molecular weight excluding hydrogens is 469 g/mol. The number of nitrogens with two attached hydrogens (primary N) is 1. The van der Waals surface area contributed by atoms with Crippen LogP contribution in [-0.4, -0.2) is 21.6 Å². The number of rotatable bonds is 4. The van der Waals surface area contributed by atoms with Gasteiger partial charge in [0.1, 0.15) is 0 Å². The molecule has 3 rings (SSSR count). The quantitative estimate of drug-likeness (QED) is 0.360. The molecular formula is C22H17F7N4O. The molecule has 12 heteroatoms. The zero-order chi connectivity index (χ0) is 25.3. The minimum atomic E-state index is -5.02. The van der Waals surface area contributed by atoms with Gasteiger partial charge in [-0.25, -0.2) is 9.99 Å². The molecule has 1 aliphatic heterocycles. The number of pyridine rings is 1. The monoisotopic (exact) mass is 486 g/mol. The molecule has 0 fully saturated rings. The minimum absolute atomic E-state index is 0.0358. The van der Waals surface area contributed by atoms with Gasteiger partial charge in [0.2, 0.25) is 5.95 Å². The van der Waals surface area contributed by atoms with Crippen molar-refractivity contribution in [2.75, 3.05) is 0 Å². The number of primary amides is 1. The van der Waals surface area contributed by atoms with Crippen LogP contribution in [0.5, 0.6) is 0 Å². The van der Waals surface area contributed by atoms with E-state index in [2.05, 4.69) is 10.1 Å². The van der Waals surface area contributed by atoms with E-state index in [9.17, 15) is 35.5 Å². The third-order valence-electron chi connectivity index (χ3n) is 4.89. The topological polar surface area (TPSA) is 71.6 Å². The van der Waals surface area contributed by atoms with Gasteiger partial charge < -0.3 is 5.73 Å². The van der Waals surface area contributed by atoms with E-state index < -0.39 is 41.3 Å². The number of carbonyl (C=O) groups excluding carboxylic acids is 1. The molecule has 34 heavy (non-hydrogen) atoms. The number of alkyl halides is 6. The van der Waals surface area contributed by atoms with E-state index >= 15 is 0 Å². The zero-order valence-corrected chi connectivity index (χ0v) is 17.5. The van der Waals surface area contributed by atoms with Crippen LogP contribution < -0.4 is 5.73 Å². The fraction of sp³-hybridized carbons (Fsp3) is 0.227. The maximum absolute atomic E-state index is 13.3. The third-order valence-corrected chi connectivity index (χ3v) is 4.89. The molecule has 1 unspecified atom stereocenters. The first-order chi connectivity index (χ1) is 15.8. The third kappa shape index (κ3) is 5.80. The minimum Gasteiger partial charge on any atom is -0.366 e. The predicted octanol–water partition coefficient (Wildman–Crippen LogP) is 5.34. The molecule has 1 aromatic heterocycles. The molecule has 0 saturated carbocycles. The highest BCUT2D eigenvalue weighted by Crippen LogP contribution is 2.37. The van der Waals surface area contributed by atoms with E-state index in [0.29, 0.717) is 12.1 Å². The summed E-state index contributed by atoms with van der Waals surface area (Å²) in [7, 11) is 0. The fourth-order valence-corrected chi connectivity index (χ4v) is 3.21. The Kier molecular flexibility index (Phi) is 6.80. The molecule has 0 saturated heterocycles. The van der Waals surface area contributed by atoms with Crippen LogP contribution in [0.4, 0.5) is 30.7 Å². The zero-order valence-electron chi connectivity index (χ0n) is 17.5. The number of carbonyl (C=O) groups is 1. The lowest BCUT2D eigenvalue weighted by atomic mass is 9.93. The second kappa shape index (κ2) is 9.27. The first-order valence-corrected chi connectivity index (χ1v) is 9.72. The number of halogens is 7. The number of hydrogen-bond donors (Lipinski definition) is 1. The van der Waals surface area contributed by atoms with Crippen LogP contribution in [-0.2, 0) is 17.1 Å². The van der Waals surface area contributed by atoms with Crippen molar-refractivity contribution in [2.45, 2.75) is 25.7 Å². The van der Waals surface area contributed by atoms with E-state index in [1.807, 2.05) is 0 Å². The Morgan fingerprint density at radius 3 is 2.21 bits per heavy atom. The van der Waals surface area contributed by atoms with E-state index in [0.717, 1.165) is 23.5 Å². The summed E-state index contributed by atoms with van der Waals surface area (Å²) < 4.78 is 93.0. The number of hydrazone groups is 1. The Morgan fingerprint density at radius 1 is 1.09 bits per heavy atom. The highest BCUT2D eigenvalue weighted by atomic mass is 19.4. The molecule has 180 valence electrons. The van der Waals surface area contributed by atoms with Crippen molar-refractivity contribution in [1.29, 1.82) is 0 Å². The largest absolute Gasteiger partial charge is 0.416 e. The Balaban J connectivity index is 2.14. The number of benzene rings is 1. The lowest BCUT2D eigenvalue weighted by Gasteiger charge is -2.19. The van der Waals surface area contributed by atoms with E-state index in [1.165, 1.54) is 12.3 Å². The van der Waals surface area contributed by atoms with E-state index in [-0.39, 0.29) is 34.9 Å². The van der Waals surface area contributed by atoms with Crippen molar-refractivity contribution < 1.29 is 35.5 Å². The molecule has 0 radical (unpaired) electrons. The van der Waals surface area contributed by atoms with Gasteiger partial charge in [0.05, 0.1) is 22.4 Å². The number of amides is 1. The van der Waals surface area contributed by atoms with Gasteiger partial charge in [0.15, 0.2) is 0 Å². The normalized spacial score (nSPS) is 17.4. The Labute approximate surface area is 189 Å². The lowest BCUT2D eigenvalue weighted by molar-refractivity contribution is -0.143. The van der Waals surface area contributed by atoms with Crippen molar-refractivity contribution in [3.05, 3.63) is 83.2 Å². The standard InChI is InChI=1S/C22H17F7N4O/c1-12-3-2-6-33(11-17(20(30)34)13-4-5-18(23)31-10-13)32-19(12)14-7-15(21(24,25)26)9-16(8-14)22(27,28)29/h2,4-12H,3H2,1H3,(H2,30,34)/b17-11-. The molecule has 2 heterocycles. The predicted molar refractivity (Wildman–Crippen MR) is 109 cm³/mol. The molecule has 0 aliphatic carbocycles. The Morgan fingerprint density at radius 2 is 1.71 bits per heavy atom. The molecule has 2 aromatic rings. The van der Waals surface area contributed by atoms with Crippen LogP contribution in [0.2, 0.25) is 0 Å². The molecule has 5 nitrogen and oxygen atoms in total. The highest BCUT2D eigenvalue weighted by Gasteiger charge is 2.37.